The number of quaternary nitrogens is 1. The molecule has 0 radical (unpaired) electrons. The summed E-state index contributed by atoms with van der Waals surface area (Å²) in [7, 11) is 5.68. The number of carbonyl (C=O) groups excluding carboxylic acids is 2. The van der Waals surface area contributed by atoms with E-state index in [1.165, 1.54) is 0 Å². The highest BCUT2D eigenvalue weighted by atomic mass is 16.5. The molecule has 0 aliphatic carbocycles. The first-order valence-electron chi connectivity index (χ1n) is 6.48. The lowest BCUT2D eigenvalue weighted by Crippen LogP contribution is -2.45. The van der Waals surface area contributed by atoms with Crippen molar-refractivity contribution in [3.8, 4) is 0 Å². The van der Waals surface area contributed by atoms with Gasteiger partial charge in [-0.25, -0.2) is 0 Å². The van der Waals surface area contributed by atoms with Crippen LogP contribution in [-0.2, 0) is 14.3 Å². The van der Waals surface area contributed by atoms with Crippen LogP contribution in [0, 0.1) is 0 Å². The standard InChI is InChI=1S/C13H25NO5/c1-10(15)6-5-7-13(18)19-11(8-12(16)17)9-14(2,3)4/h10-11,15H,5-9H2,1-4H3. The van der Waals surface area contributed by atoms with Crippen LogP contribution in [-0.4, -0.2) is 61.4 Å². The number of aliphatic hydroxyl groups excluding tert-OH is 1. The largest absolute Gasteiger partial charge is 0.550 e. The summed E-state index contributed by atoms with van der Waals surface area (Å²) < 4.78 is 5.66. The van der Waals surface area contributed by atoms with Crippen LogP contribution in [0.4, 0.5) is 0 Å². The summed E-state index contributed by atoms with van der Waals surface area (Å²) in [4.78, 5) is 22.2. The first-order chi connectivity index (χ1) is 8.60. The van der Waals surface area contributed by atoms with Gasteiger partial charge < -0.3 is 24.2 Å². The maximum absolute atomic E-state index is 11.6. The summed E-state index contributed by atoms with van der Waals surface area (Å²) in [5.74, 6) is -1.66. The minimum atomic E-state index is -1.23. The van der Waals surface area contributed by atoms with E-state index in [1.807, 2.05) is 21.1 Å². The predicted molar refractivity (Wildman–Crippen MR) is 67.9 cm³/mol. The quantitative estimate of drug-likeness (QED) is 0.444. The summed E-state index contributed by atoms with van der Waals surface area (Å²) in [6.45, 7) is 2.07. The van der Waals surface area contributed by atoms with Crippen LogP contribution in [0.1, 0.15) is 32.6 Å². The van der Waals surface area contributed by atoms with Crippen molar-refractivity contribution < 1.29 is 29.0 Å². The van der Waals surface area contributed by atoms with Crippen LogP contribution in [0.15, 0.2) is 0 Å². The number of aliphatic carboxylic acids is 1. The molecule has 0 aromatic carbocycles. The third-order valence-corrected chi connectivity index (χ3v) is 2.45. The van der Waals surface area contributed by atoms with Gasteiger partial charge in [-0.2, -0.15) is 0 Å². The number of nitrogens with zero attached hydrogens (tertiary/aromatic N) is 1. The Hall–Kier alpha value is -1.14. The van der Waals surface area contributed by atoms with E-state index in [1.54, 1.807) is 6.92 Å². The smallest absolute Gasteiger partial charge is 0.306 e. The van der Waals surface area contributed by atoms with Gasteiger partial charge in [-0.1, -0.05) is 0 Å². The van der Waals surface area contributed by atoms with E-state index in [9.17, 15) is 14.7 Å². The van der Waals surface area contributed by atoms with E-state index < -0.39 is 24.1 Å². The zero-order chi connectivity index (χ0) is 15.1. The molecule has 2 atom stereocenters. The zero-order valence-electron chi connectivity index (χ0n) is 12.2. The summed E-state index contributed by atoms with van der Waals surface area (Å²) >= 11 is 0. The lowest BCUT2D eigenvalue weighted by molar-refractivity contribution is -0.873. The van der Waals surface area contributed by atoms with Gasteiger partial charge in [0.25, 0.3) is 0 Å². The molecule has 0 amide bonds. The highest BCUT2D eigenvalue weighted by molar-refractivity contribution is 5.70. The van der Waals surface area contributed by atoms with E-state index in [0.717, 1.165) is 0 Å². The second-order valence-corrected chi connectivity index (χ2v) is 5.90. The Bertz CT molecular complexity index is 296. The van der Waals surface area contributed by atoms with Crippen LogP contribution in [0.25, 0.3) is 0 Å². The van der Waals surface area contributed by atoms with Crippen molar-refractivity contribution in [1.82, 2.24) is 0 Å². The normalized spacial score (nSPS) is 14.8. The average molecular weight is 275 g/mol. The Morgan fingerprint density at radius 2 is 1.89 bits per heavy atom. The molecule has 6 nitrogen and oxygen atoms in total. The third kappa shape index (κ3) is 11.7. The second kappa shape index (κ2) is 8.12. The minimum absolute atomic E-state index is 0.186. The van der Waals surface area contributed by atoms with Gasteiger partial charge in [-0.3, -0.25) is 4.79 Å². The number of hydrogen-bond donors (Lipinski definition) is 1. The summed E-state index contributed by atoms with van der Waals surface area (Å²) in [5, 5.41) is 19.7. The molecule has 0 aromatic heterocycles. The molecular weight excluding hydrogens is 250 g/mol. The van der Waals surface area contributed by atoms with E-state index in [2.05, 4.69) is 0 Å². The molecule has 0 rings (SSSR count). The van der Waals surface area contributed by atoms with Gasteiger partial charge in [-0.05, 0) is 19.8 Å². The molecule has 2 unspecified atom stereocenters. The second-order valence-electron chi connectivity index (χ2n) is 5.90. The van der Waals surface area contributed by atoms with Crippen molar-refractivity contribution in [3.05, 3.63) is 0 Å². The number of rotatable bonds is 9. The summed E-state index contributed by atoms with van der Waals surface area (Å²) in [6, 6.07) is 0. The first kappa shape index (κ1) is 17.9. The molecule has 0 saturated heterocycles. The predicted octanol–water partition coefficient (Wildman–Crippen LogP) is -0.704. The molecule has 0 bridgehead atoms. The Morgan fingerprint density at radius 1 is 1.32 bits per heavy atom. The Balaban J connectivity index is 4.23. The minimum Gasteiger partial charge on any atom is -0.550 e. The van der Waals surface area contributed by atoms with Gasteiger partial charge in [0.05, 0.1) is 27.2 Å². The van der Waals surface area contributed by atoms with Crippen molar-refractivity contribution in [2.24, 2.45) is 0 Å². The number of hydrogen-bond acceptors (Lipinski definition) is 5. The summed E-state index contributed by atoms with van der Waals surface area (Å²) in [6.07, 6.45) is -0.181. The molecule has 1 N–H and O–H groups in total. The van der Waals surface area contributed by atoms with Crippen molar-refractivity contribution in [1.29, 1.82) is 0 Å². The fourth-order valence-electron chi connectivity index (χ4n) is 1.73. The van der Waals surface area contributed by atoms with Crippen molar-refractivity contribution >= 4 is 11.9 Å². The molecule has 112 valence electrons. The highest BCUT2D eigenvalue weighted by Crippen LogP contribution is 2.08. The monoisotopic (exact) mass is 275 g/mol. The third-order valence-electron chi connectivity index (χ3n) is 2.45. The van der Waals surface area contributed by atoms with Gasteiger partial charge in [0, 0.05) is 18.8 Å². The number of likely N-dealkylation sites (N-methyl/N-ethyl adjacent to an activating group) is 1. The lowest BCUT2D eigenvalue weighted by Gasteiger charge is -2.29. The molecule has 0 saturated carbocycles. The number of esters is 1. The van der Waals surface area contributed by atoms with E-state index in [-0.39, 0.29) is 12.8 Å². The van der Waals surface area contributed by atoms with E-state index in [4.69, 9.17) is 9.84 Å². The number of ether oxygens (including phenoxy) is 1. The van der Waals surface area contributed by atoms with Gasteiger partial charge in [-0.15, -0.1) is 0 Å². The molecular formula is C13H25NO5. The Morgan fingerprint density at radius 3 is 2.32 bits per heavy atom. The Kier molecular flexibility index (Phi) is 7.63. The molecule has 0 aliphatic rings. The molecule has 0 fully saturated rings. The Labute approximate surface area is 114 Å². The number of carboxylic acid groups (broad SMARTS) is 1. The van der Waals surface area contributed by atoms with Crippen LogP contribution >= 0.6 is 0 Å². The summed E-state index contributed by atoms with van der Waals surface area (Å²) in [5.41, 5.74) is 0. The maximum atomic E-state index is 11.6. The van der Waals surface area contributed by atoms with Crippen LogP contribution in [0.2, 0.25) is 0 Å². The zero-order valence-corrected chi connectivity index (χ0v) is 12.2. The fourth-order valence-corrected chi connectivity index (χ4v) is 1.73. The van der Waals surface area contributed by atoms with Crippen LogP contribution < -0.4 is 5.11 Å². The number of carbonyl (C=O) groups is 2. The number of carboxylic acids is 1. The molecule has 0 spiro atoms. The molecule has 6 heteroatoms. The highest BCUT2D eigenvalue weighted by Gasteiger charge is 2.22. The van der Waals surface area contributed by atoms with Gasteiger partial charge >= 0.3 is 5.97 Å². The van der Waals surface area contributed by atoms with E-state index >= 15 is 0 Å². The molecule has 19 heavy (non-hydrogen) atoms. The maximum Gasteiger partial charge on any atom is 0.306 e. The van der Waals surface area contributed by atoms with Gasteiger partial charge in [0.15, 0.2) is 6.10 Å². The van der Waals surface area contributed by atoms with Crippen LogP contribution in [0.5, 0.6) is 0 Å². The topological polar surface area (TPSA) is 86.7 Å². The molecule has 0 heterocycles. The van der Waals surface area contributed by atoms with E-state index in [0.29, 0.717) is 23.9 Å². The van der Waals surface area contributed by atoms with Crippen molar-refractivity contribution in [2.45, 2.75) is 44.8 Å². The van der Waals surface area contributed by atoms with Crippen LogP contribution in [0.3, 0.4) is 0 Å². The number of aliphatic hydroxyl groups is 1. The first-order valence-corrected chi connectivity index (χ1v) is 6.48. The molecule has 0 aliphatic heterocycles. The lowest BCUT2D eigenvalue weighted by atomic mass is 10.2. The van der Waals surface area contributed by atoms with Gasteiger partial charge in [0.1, 0.15) is 6.54 Å². The van der Waals surface area contributed by atoms with Crippen molar-refractivity contribution in [2.75, 3.05) is 27.7 Å². The molecule has 0 aromatic rings. The van der Waals surface area contributed by atoms with Gasteiger partial charge in [0.2, 0.25) is 0 Å². The average Bonchev–Trinajstić information content (AvgIpc) is 2.12. The van der Waals surface area contributed by atoms with Crippen molar-refractivity contribution in [3.63, 3.8) is 0 Å². The SMILES string of the molecule is CC(O)CCCC(=O)OC(CC(=O)[O-])C[N+](C)(C)C. The fraction of sp³-hybridized carbons (Fsp3) is 0.846.